The van der Waals surface area contributed by atoms with E-state index in [1.807, 2.05) is 0 Å². The largest absolute Gasteiger partial charge is 0.493 e. The van der Waals surface area contributed by atoms with Crippen molar-refractivity contribution >= 4 is 17.3 Å². The van der Waals surface area contributed by atoms with Crippen LogP contribution in [0.5, 0.6) is 17.2 Å². The van der Waals surface area contributed by atoms with Gasteiger partial charge in [-0.2, -0.15) is 0 Å². The molecule has 1 amide bonds. The number of methoxy groups -OCH3 is 3. The molecule has 0 saturated heterocycles. The quantitative estimate of drug-likeness (QED) is 0.844. The summed E-state index contributed by atoms with van der Waals surface area (Å²) in [4.78, 5) is 14.8. The zero-order chi connectivity index (χ0) is 19.4. The van der Waals surface area contributed by atoms with Gasteiger partial charge < -0.3 is 24.4 Å². The van der Waals surface area contributed by atoms with Crippen molar-refractivity contribution in [2.45, 2.75) is 19.8 Å². The summed E-state index contributed by atoms with van der Waals surface area (Å²) in [6.07, 6.45) is 2.11. The van der Waals surface area contributed by atoms with E-state index in [-0.39, 0.29) is 5.91 Å². The summed E-state index contributed by atoms with van der Waals surface area (Å²) in [5.41, 5.74) is 4.31. The highest BCUT2D eigenvalue weighted by Crippen LogP contribution is 2.40. The molecule has 27 heavy (non-hydrogen) atoms. The fourth-order valence-corrected chi connectivity index (χ4v) is 3.50. The van der Waals surface area contributed by atoms with E-state index in [1.54, 1.807) is 33.5 Å². The summed E-state index contributed by atoms with van der Waals surface area (Å²) in [6.45, 7) is 3.27. The number of carbonyl (C=O) groups is 1. The van der Waals surface area contributed by atoms with Crippen LogP contribution in [0.4, 0.5) is 11.4 Å². The number of benzene rings is 2. The molecular formula is C21H26N2O4. The molecule has 0 atom stereocenters. The summed E-state index contributed by atoms with van der Waals surface area (Å²) in [5.74, 6) is 1.42. The predicted molar refractivity (Wildman–Crippen MR) is 106 cm³/mol. The van der Waals surface area contributed by atoms with Crippen LogP contribution in [0.2, 0.25) is 0 Å². The maximum Gasteiger partial charge on any atom is 0.243 e. The molecule has 0 unspecified atom stereocenters. The zero-order valence-corrected chi connectivity index (χ0v) is 16.3. The van der Waals surface area contributed by atoms with Gasteiger partial charge >= 0.3 is 0 Å². The van der Waals surface area contributed by atoms with Crippen molar-refractivity contribution in [3.63, 3.8) is 0 Å². The van der Waals surface area contributed by atoms with E-state index in [0.717, 1.165) is 25.1 Å². The van der Waals surface area contributed by atoms with Gasteiger partial charge in [-0.3, -0.25) is 4.79 Å². The smallest absolute Gasteiger partial charge is 0.243 e. The van der Waals surface area contributed by atoms with E-state index in [1.165, 1.54) is 11.1 Å². The number of rotatable bonds is 6. The lowest BCUT2D eigenvalue weighted by atomic mass is 9.99. The van der Waals surface area contributed by atoms with Gasteiger partial charge in [0.2, 0.25) is 11.7 Å². The molecule has 0 spiro atoms. The number of hydrogen-bond donors (Lipinski definition) is 1. The minimum absolute atomic E-state index is 0.0855. The summed E-state index contributed by atoms with van der Waals surface area (Å²) in [7, 11) is 4.65. The van der Waals surface area contributed by atoms with Crippen LogP contribution in [0.25, 0.3) is 0 Å². The van der Waals surface area contributed by atoms with Crippen molar-refractivity contribution in [2.75, 3.05) is 44.6 Å². The first-order chi connectivity index (χ1) is 13.0. The van der Waals surface area contributed by atoms with Gasteiger partial charge in [0, 0.05) is 30.1 Å². The van der Waals surface area contributed by atoms with Gasteiger partial charge in [-0.1, -0.05) is 17.7 Å². The van der Waals surface area contributed by atoms with Gasteiger partial charge in [0.05, 0.1) is 27.9 Å². The number of amides is 1. The highest BCUT2D eigenvalue weighted by molar-refractivity contribution is 5.95. The van der Waals surface area contributed by atoms with Gasteiger partial charge in [0.25, 0.3) is 0 Å². The standard InChI is InChI=1S/C21H26N2O4/c1-14-7-8-17-15(10-14)6-5-9-23(17)13-20(24)22-16-11-18(25-2)21(27-4)19(12-16)26-3/h7-8,10-12H,5-6,9,13H2,1-4H3,(H,22,24). The molecular weight excluding hydrogens is 344 g/mol. The van der Waals surface area contributed by atoms with E-state index in [0.29, 0.717) is 29.5 Å². The first-order valence-electron chi connectivity index (χ1n) is 9.00. The molecule has 2 aromatic rings. The van der Waals surface area contributed by atoms with Crippen molar-refractivity contribution < 1.29 is 19.0 Å². The molecule has 0 bridgehead atoms. The van der Waals surface area contributed by atoms with Gasteiger partial charge in [-0.25, -0.2) is 0 Å². The lowest BCUT2D eigenvalue weighted by Gasteiger charge is -2.31. The number of hydrogen-bond acceptors (Lipinski definition) is 5. The van der Waals surface area contributed by atoms with Crippen molar-refractivity contribution in [2.24, 2.45) is 0 Å². The molecule has 6 heteroatoms. The Hall–Kier alpha value is -2.89. The van der Waals surface area contributed by atoms with Crippen LogP contribution in [0.1, 0.15) is 17.5 Å². The van der Waals surface area contributed by atoms with Gasteiger partial charge in [-0.15, -0.1) is 0 Å². The normalized spacial score (nSPS) is 13.0. The summed E-state index contributed by atoms with van der Waals surface area (Å²) < 4.78 is 16.0. The minimum atomic E-state index is -0.0855. The van der Waals surface area contributed by atoms with Gasteiger partial charge in [0.15, 0.2) is 11.5 Å². The number of nitrogens with one attached hydrogen (secondary N) is 1. The average Bonchev–Trinajstić information content (AvgIpc) is 2.66. The highest BCUT2D eigenvalue weighted by Gasteiger charge is 2.20. The highest BCUT2D eigenvalue weighted by atomic mass is 16.5. The second-order valence-corrected chi connectivity index (χ2v) is 6.62. The maximum atomic E-state index is 12.6. The number of fused-ring (bicyclic) bond motifs is 1. The van der Waals surface area contributed by atoms with E-state index in [2.05, 4.69) is 35.3 Å². The Bertz CT molecular complexity index is 810. The fraction of sp³-hybridized carbons (Fsp3) is 0.381. The molecule has 1 aliphatic heterocycles. The number of carbonyl (C=O) groups excluding carboxylic acids is 1. The Morgan fingerprint density at radius 3 is 2.41 bits per heavy atom. The second-order valence-electron chi connectivity index (χ2n) is 6.62. The van der Waals surface area contributed by atoms with Crippen molar-refractivity contribution in [3.8, 4) is 17.2 Å². The number of anilines is 2. The molecule has 144 valence electrons. The zero-order valence-electron chi connectivity index (χ0n) is 16.3. The first kappa shape index (κ1) is 18.9. The molecule has 2 aromatic carbocycles. The third kappa shape index (κ3) is 4.10. The Balaban J connectivity index is 1.76. The number of nitrogens with zero attached hydrogens (tertiary/aromatic N) is 1. The third-order valence-electron chi connectivity index (χ3n) is 4.73. The molecule has 1 heterocycles. The molecule has 0 aromatic heterocycles. The van der Waals surface area contributed by atoms with E-state index in [4.69, 9.17) is 14.2 Å². The number of ether oxygens (including phenoxy) is 3. The second kappa shape index (κ2) is 8.20. The SMILES string of the molecule is COc1cc(NC(=O)CN2CCCc3cc(C)ccc32)cc(OC)c1OC. The fourth-order valence-electron chi connectivity index (χ4n) is 3.50. The molecule has 0 aliphatic carbocycles. The van der Waals surface area contributed by atoms with Gasteiger partial charge in [0.1, 0.15) is 0 Å². The Labute approximate surface area is 160 Å². The molecule has 1 aliphatic rings. The topological polar surface area (TPSA) is 60.0 Å². The summed E-state index contributed by atoms with van der Waals surface area (Å²) >= 11 is 0. The minimum Gasteiger partial charge on any atom is -0.493 e. The van der Waals surface area contributed by atoms with Crippen molar-refractivity contribution in [3.05, 3.63) is 41.5 Å². The molecule has 0 fully saturated rings. The van der Waals surface area contributed by atoms with Crippen molar-refractivity contribution in [1.29, 1.82) is 0 Å². The van der Waals surface area contributed by atoms with Crippen LogP contribution in [0.15, 0.2) is 30.3 Å². The number of aryl methyl sites for hydroxylation is 2. The Kier molecular flexibility index (Phi) is 5.74. The summed E-state index contributed by atoms with van der Waals surface area (Å²) in [5, 5.41) is 2.94. The maximum absolute atomic E-state index is 12.6. The Morgan fingerprint density at radius 2 is 1.78 bits per heavy atom. The van der Waals surface area contributed by atoms with Crippen LogP contribution < -0.4 is 24.4 Å². The van der Waals surface area contributed by atoms with Crippen molar-refractivity contribution in [1.82, 2.24) is 0 Å². The monoisotopic (exact) mass is 370 g/mol. The van der Waals surface area contributed by atoms with Crippen LogP contribution in [0, 0.1) is 6.92 Å². The first-order valence-corrected chi connectivity index (χ1v) is 9.00. The molecule has 3 rings (SSSR count). The van der Waals surface area contributed by atoms with E-state index < -0.39 is 0 Å². The van der Waals surface area contributed by atoms with Crippen LogP contribution in [-0.4, -0.2) is 40.3 Å². The molecule has 0 saturated carbocycles. The lowest BCUT2D eigenvalue weighted by molar-refractivity contribution is -0.115. The third-order valence-corrected chi connectivity index (χ3v) is 4.73. The molecule has 6 nitrogen and oxygen atoms in total. The van der Waals surface area contributed by atoms with Crippen LogP contribution in [-0.2, 0) is 11.2 Å². The van der Waals surface area contributed by atoms with E-state index in [9.17, 15) is 4.79 Å². The van der Waals surface area contributed by atoms with E-state index >= 15 is 0 Å². The summed E-state index contributed by atoms with van der Waals surface area (Å²) in [6, 6.07) is 9.86. The van der Waals surface area contributed by atoms with Crippen LogP contribution >= 0.6 is 0 Å². The van der Waals surface area contributed by atoms with Crippen LogP contribution in [0.3, 0.4) is 0 Å². The lowest BCUT2D eigenvalue weighted by Crippen LogP contribution is -2.36. The Morgan fingerprint density at radius 1 is 1.07 bits per heavy atom. The molecule has 0 radical (unpaired) electrons. The molecule has 1 N–H and O–H groups in total. The predicted octanol–water partition coefficient (Wildman–Crippen LogP) is 3.41. The van der Waals surface area contributed by atoms with Gasteiger partial charge in [-0.05, 0) is 31.4 Å². The average molecular weight is 370 g/mol.